The Morgan fingerprint density at radius 1 is 1.23 bits per heavy atom. The molecule has 1 saturated heterocycles. The lowest BCUT2D eigenvalue weighted by Gasteiger charge is -2.29. The molecule has 4 atom stereocenters. The van der Waals surface area contributed by atoms with E-state index >= 15 is 0 Å². The molecule has 1 aliphatic carbocycles. The first-order valence-electron chi connectivity index (χ1n) is 9.93. The summed E-state index contributed by atoms with van der Waals surface area (Å²) in [6.07, 6.45) is 6.39. The van der Waals surface area contributed by atoms with Crippen LogP contribution < -0.4 is 11.1 Å². The third kappa shape index (κ3) is 5.97. The van der Waals surface area contributed by atoms with Gasteiger partial charge in [0.05, 0.1) is 0 Å². The van der Waals surface area contributed by atoms with Crippen molar-refractivity contribution in [2.75, 3.05) is 13.1 Å². The Bertz CT molecular complexity index is 553. The van der Waals surface area contributed by atoms with E-state index in [0.29, 0.717) is 18.3 Å². The normalized spacial score (nSPS) is 27.5. The maximum Gasteiger partial charge on any atom is 0.220 e. The summed E-state index contributed by atoms with van der Waals surface area (Å²) in [7, 11) is 0. The third-order valence-electron chi connectivity index (χ3n) is 6.07. The molecular weight excluding hydrogens is 346 g/mol. The van der Waals surface area contributed by atoms with Gasteiger partial charge in [-0.05, 0) is 50.1 Å². The molecule has 2 fully saturated rings. The molecule has 26 heavy (non-hydrogen) atoms. The van der Waals surface area contributed by atoms with Crippen molar-refractivity contribution in [1.29, 1.82) is 0 Å². The van der Waals surface area contributed by atoms with E-state index in [4.69, 9.17) is 5.73 Å². The summed E-state index contributed by atoms with van der Waals surface area (Å²) < 4.78 is 0. The van der Waals surface area contributed by atoms with E-state index in [1.165, 1.54) is 18.4 Å². The van der Waals surface area contributed by atoms with Crippen LogP contribution in [0.3, 0.4) is 0 Å². The van der Waals surface area contributed by atoms with Crippen molar-refractivity contribution < 1.29 is 4.79 Å². The molecule has 0 spiro atoms. The second kappa shape index (κ2) is 10.3. The highest BCUT2D eigenvalue weighted by Crippen LogP contribution is 2.26. The van der Waals surface area contributed by atoms with Gasteiger partial charge in [0.25, 0.3) is 0 Å². The molecule has 2 aliphatic rings. The summed E-state index contributed by atoms with van der Waals surface area (Å²) in [5.41, 5.74) is 7.55. The summed E-state index contributed by atoms with van der Waals surface area (Å²) in [4.78, 5) is 14.9. The Kier molecular flexibility index (Phi) is 8.39. The Labute approximate surface area is 164 Å². The number of benzene rings is 1. The number of carbonyl (C=O) groups excluding carboxylic acids is 1. The van der Waals surface area contributed by atoms with Gasteiger partial charge in [-0.25, -0.2) is 0 Å². The molecule has 1 heterocycles. The number of nitrogens with two attached hydrogens (primary N) is 1. The van der Waals surface area contributed by atoms with Gasteiger partial charge in [0.2, 0.25) is 5.91 Å². The summed E-state index contributed by atoms with van der Waals surface area (Å²) in [6.45, 7) is 5.36. The molecule has 1 aromatic rings. The number of hydrogen-bond acceptors (Lipinski definition) is 3. The van der Waals surface area contributed by atoms with Crippen molar-refractivity contribution in [2.24, 2.45) is 17.6 Å². The first-order chi connectivity index (χ1) is 12.1. The predicted molar refractivity (Wildman–Crippen MR) is 109 cm³/mol. The van der Waals surface area contributed by atoms with Crippen LogP contribution in [-0.4, -0.2) is 36.0 Å². The van der Waals surface area contributed by atoms with Gasteiger partial charge in [-0.15, -0.1) is 12.4 Å². The summed E-state index contributed by atoms with van der Waals surface area (Å²) in [6, 6.07) is 11.1. The molecule has 4 unspecified atom stereocenters. The fourth-order valence-electron chi connectivity index (χ4n) is 4.41. The number of halogens is 1. The number of likely N-dealkylation sites (tertiary alicyclic amines) is 1. The van der Waals surface area contributed by atoms with Crippen molar-refractivity contribution in [3.63, 3.8) is 0 Å². The molecule has 0 radical (unpaired) electrons. The first kappa shape index (κ1) is 21.2. The number of amides is 1. The molecule has 1 aromatic carbocycles. The lowest BCUT2D eigenvalue weighted by Crippen LogP contribution is -2.42. The fourth-order valence-corrected chi connectivity index (χ4v) is 4.41. The Balaban J connectivity index is 0.00000243. The van der Waals surface area contributed by atoms with Crippen molar-refractivity contribution in [1.82, 2.24) is 10.2 Å². The summed E-state index contributed by atoms with van der Waals surface area (Å²) in [5, 5.41) is 3.25. The molecule has 146 valence electrons. The van der Waals surface area contributed by atoms with Gasteiger partial charge in [-0.2, -0.15) is 0 Å². The Morgan fingerprint density at radius 3 is 2.69 bits per heavy atom. The highest BCUT2D eigenvalue weighted by atomic mass is 35.5. The molecule has 1 aliphatic heterocycles. The van der Waals surface area contributed by atoms with E-state index in [1.54, 1.807) is 0 Å². The number of hydrogen-bond donors (Lipinski definition) is 2. The monoisotopic (exact) mass is 379 g/mol. The summed E-state index contributed by atoms with van der Waals surface area (Å²) >= 11 is 0. The van der Waals surface area contributed by atoms with E-state index in [2.05, 4.69) is 47.5 Å². The SMILES string of the molecule is CC(NC(=O)CC1CCCCC1N)C1CCN(Cc2ccccc2)C1.Cl. The van der Waals surface area contributed by atoms with Gasteiger partial charge < -0.3 is 11.1 Å². The minimum Gasteiger partial charge on any atom is -0.353 e. The minimum atomic E-state index is 0. The van der Waals surface area contributed by atoms with Crippen LogP contribution in [0.1, 0.15) is 51.0 Å². The lowest BCUT2D eigenvalue weighted by molar-refractivity contribution is -0.123. The van der Waals surface area contributed by atoms with Gasteiger partial charge in [-0.3, -0.25) is 9.69 Å². The zero-order chi connectivity index (χ0) is 17.6. The molecule has 1 saturated carbocycles. The second-order valence-electron chi connectivity index (χ2n) is 8.04. The molecule has 5 heteroatoms. The molecule has 3 N–H and O–H groups in total. The molecule has 4 nitrogen and oxygen atoms in total. The van der Waals surface area contributed by atoms with Crippen molar-refractivity contribution in [3.8, 4) is 0 Å². The second-order valence-corrected chi connectivity index (χ2v) is 8.04. The van der Waals surface area contributed by atoms with Gasteiger partial charge in [0, 0.05) is 31.6 Å². The van der Waals surface area contributed by atoms with Crippen LogP contribution >= 0.6 is 12.4 Å². The predicted octanol–water partition coefficient (Wildman–Crippen LogP) is 3.34. The van der Waals surface area contributed by atoms with Crippen LogP contribution in [0, 0.1) is 11.8 Å². The Morgan fingerprint density at radius 2 is 1.96 bits per heavy atom. The minimum absolute atomic E-state index is 0. The van der Waals surface area contributed by atoms with Crippen LogP contribution in [0.2, 0.25) is 0 Å². The molecule has 1 amide bonds. The molecule has 0 bridgehead atoms. The lowest BCUT2D eigenvalue weighted by atomic mass is 9.83. The zero-order valence-corrected chi connectivity index (χ0v) is 16.7. The zero-order valence-electron chi connectivity index (χ0n) is 15.9. The van der Waals surface area contributed by atoms with E-state index in [-0.39, 0.29) is 30.4 Å². The number of carbonyl (C=O) groups is 1. The van der Waals surface area contributed by atoms with Crippen LogP contribution in [0.25, 0.3) is 0 Å². The number of rotatable bonds is 6. The maximum atomic E-state index is 12.4. The van der Waals surface area contributed by atoms with Crippen molar-refractivity contribution in [2.45, 2.75) is 64.1 Å². The first-order valence-corrected chi connectivity index (χ1v) is 9.93. The smallest absolute Gasteiger partial charge is 0.220 e. The van der Waals surface area contributed by atoms with Gasteiger partial charge in [-0.1, -0.05) is 43.2 Å². The molecule has 0 aromatic heterocycles. The highest BCUT2D eigenvalue weighted by molar-refractivity contribution is 5.85. The maximum absolute atomic E-state index is 12.4. The molecular formula is C21H34ClN3O. The van der Waals surface area contributed by atoms with Crippen LogP contribution in [0.4, 0.5) is 0 Å². The average molecular weight is 380 g/mol. The topological polar surface area (TPSA) is 58.4 Å². The largest absolute Gasteiger partial charge is 0.353 e. The molecule has 3 rings (SSSR count). The van der Waals surface area contributed by atoms with Crippen molar-refractivity contribution >= 4 is 18.3 Å². The Hall–Kier alpha value is -1.10. The van der Waals surface area contributed by atoms with Crippen LogP contribution in [0.15, 0.2) is 30.3 Å². The standard InChI is InChI=1S/C21H33N3O.ClH/c1-16(23-21(25)13-18-9-5-6-10-20(18)22)19-11-12-24(15-19)14-17-7-3-2-4-8-17;/h2-4,7-8,16,18-20H,5-6,9-15,22H2,1H3,(H,23,25);1H. The highest BCUT2D eigenvalue weighted by Gasteiger charge is 2.29. The van der Waals surface area contributed by atoms with Crippen LogP contribution in [0.5, 0.6) is 0 Å². The number of nitrogens with zero attached hydrogens (tertiary/aromatic N) is 1. The van der Waals surface area contributed by atoms with E-state index in [9.17, 15) is 4.79 Å². The average Bonchev–Trinajstić information content (AvgIpc) is 3.06. The van der Waals surface area contributed by atoms with Gasteiger partial charge in [0.15, 0.2) is 0 Å². The third-order valence-corrected chi connectivity index (χ3v) is 6.07. The number of nitrogens with one attached hydrogen (secondary N) is 1. The van der Waals surface area contributed by atoms with Crippen molar-refractivity contribution in [3.05, 3.63) is 35.9 Å². The van der Waals surface area contributed by atoms with Gasteiger partial charge in [0.1, 0.15) is 0 Å². The fraction of sp³-hybridized carbons (Fsp3) is 0.667. The van der Waals surface area contributed by atoms with E-state index in [0.717, 1.165) is 38.9 Å². The van der Waals surface area contributed by atoms with Gasteiger partial charge >= 0.3 is 0 Å². The quantitative estimate of drug-likeness (QED) is 0.796. The summed E-state index contributed by atoms with van der Waals surface area (Å²) in [5.74, 6) is 1.11. The van der Waals surface area contributed by atoms with E-state index < -0.39 is 0 Å². The van der Waals surface area contributed by atoms with E-state index in [1.807, 2.05) is 0 Å². The van der Waals surface area contributed by atoms with Crippen LogP contribution in [-0.2, 0) is 11.3 Å².